The Morgan fingerprint density at radius 1 is 1.53 bits per heavy atom. The highest BCUT2D eigenvalue weighted by atomic mass is 16.2. The van der Waals surface area contributed by atoms with Crippen molar-refractivity contribution in [3.8, 4) is 0 Å². The third-order valence-electron chi connectivity index (χ3n) is 2.61. The van der Waals surface area contributed by atoms with Crippen LogP contribution in [0.5, 0.6) is 0 Å². The van der Waals surface area contributed by atoms with Gasteiger partial charge in [-0.25, -0.2) is 4.79 Å². The van der Waals surface area contributed by atoms with Gasteiger partial charge in [0.1, 0.15) is 6.54 Å². The number of carbonyl (C=O) groups excluding carboxylic acids is 1. The maximum absolute atomic E-state index is 11.8. The summed E-state index contributed by atoms with van der Waals surface area (Å²) in [6.07, 6.45) is 4.57. The quantitative estimate of drug-likeness (QED) is 0.666. The van der Waals surface area contributed by atoms with Crippen LogP contribution in [0.3, 0.4) is 0 Å². The Labute approximate surface area is 107 Å². The Bertz CT molecular complexity index is 670. The molecule has 2 rings (SSSR count). The maximum Gasteiger partial charge on any atom is 0.328 e. The molecule has 0 bridgehead atoms. The summed E-state index contributed by atoms with van der Waals surface area (Å²) in [6, 6.07) is 0.971. The van der Waals surface area contributed by atoms with Crippen LogP contribution in [0, 0.1) is 0 Å². The van der Waals surface area contributed by atoms with Gasteiger partial charge in [-0.3, -0.25) is 24.2 Å². The summed E-state index contributed by atoms with van der Waals surface area (Å²) in [6.45, 7) is 1.65. The van der Waals surface area contributed by atoms with Crippen LogP contribution < -0.4 is 16.6 Å². The van der Waals surface area contributed by atoms with Gasteiger partial charge in [0.15, 0.2) is 0 Å². The second-order valence-corrected chi connectivity index (χ2v) is 4.06. The molecule has 8 heteroatoms. The van der Waals surface area contributed by atoms with Crippen LogP contribution in [0.15, 0.2) is 34.2 Å². The molecule has 1 atom stereocenters. The first-order valence-electron chi connectivity index (χ1n) is 5.64. The number of rotatable bonds is 4. The number of aromatic nitrogens is 4. The Balaban J connectivity index is 2.02. The van der Waals surface area contributed by atoms with E-state index < -0.39 is 11.2 Å². The molecule has 0 fully saturated rings. The topological polar surface area (TPSA) is 113 Å². The molecule has 0 aromatic carbocycles. The van der Waals surface area contributed by atoms with Gasteiger partial charge in [-0.1, -0.05) is 0 Å². The molecule has 100 valence electrons. The van der Waals surface area contributed by atoms with Gasteiger partial charge in [0.25, 0.3) is 5.56 Å². The standard InChI is InChI=1S/C11H13N5O3/c1-7(8-4-12-13-5-8)14-10(18)6-16-3-2-9(17)15-11(16)19/h2-5,7H,6H2,1H3,(H,12,13)(H,14,18)(H,15,17,19). The second-order valence-electron chi connectivity index (χ2n) is 4.06. The molecular formula is C11H13N5O3. The smallest absolute Gasteiger partial charge is 0.328 e. The van der Waals surface area contributed by atoms with Gasteiger partial charge in [0, 0.05) is 24.0 Å². The van der Waals surface area contributed by atoms with Crippen molar-refractivity contribution in [1.29, 1.82) is 0 Å². The van der Waals surface area contributed by atoms with Gasteiger partial charge in [0.05, 0.1) is 12.2 Å². The van der Waals surface area contributed by atoms with Crippen LogP contribution in [0.2, 0.25) is 0 Å². The molecule has 2 aromatic rings. The number of aromatic amines is 2. The van der Waals surface area contributed by atoms with Crippen LogP contribution in [-0.4, -0.2) is 25.7 Å². The predicted octanol–water partition coefficient (Wildman–Crippen LogP) is -0.863. The lowest BCUT2D eigenvalue weighted by atomic mass is 10.2. The molecule has 2 heterocycles. The fourth-order valence-electron chi connectivity index (χ4n) is 1.59. The van der Waals surface area contributed by atoms with Crippen molar-refractivity contribution in [3.63, 3.8) is 0 Å². The number of amides is 1. The van der Waals surface area contributed by atoms with Crippen LogP contribution >= 0.6 is 0 Å². The number of carbonyl (C=O) groups is 1. The van der Waals surface area contributed by atoms with Crippen molar-refractivity contribution < 1.29 is 4.79 Å². The van der Waals surface area contributed by atoms with Crippen LogP contribution in [-0.2, 0) is 11.3 Å². The summed E-state index contributed by atoms with van der Waals surface area (Å²) < 4.78 is 1.12. The molecule has 2 aromatic heterocycles. The minimum absolute atomic E-state index is 0.155. The second kappa shape index (κ2) is 5.34. The minimum Gasteiger partial charge on any atom is -0.348 e. The van der Waals surface area contributed by atoms with E-state index in [-0.39, 0.29) is 18.5 Å². The van der Waals surface area contributed by atoms with Gasteiger partial charge in [-0.05, 0) is 6.92 Å². The predicted molar refractivity (Wildman–Crippen MR) is 66.5 cm³/mol. The molecule has 0 aliphatic carbocycles. The molecule has 0 radical (unpaired) electrons. The number of nitrogens with one attached hydrogen (secondary N) is 3. The summed E-state index contributed by atoms with van der Waals surface area (Å²) in [5.41, 5.74) is -0.269. The summed E-state index contributed by atoms with van der Waals surface area (Å²) >= 11 is 0. The summed E-state index contributed by atoms with van der Waals surface area (Å²) in [4.78, 5) is 36.1. The summed E-state index contributed by atoms with van der Waals surface area (Å²) in [5, 5.41) is 9.16. The number of nitrogens with zero attached hydrogens (tertiary/aromatic N) is 2. The monoisotopic (exact) mass is 263 g/mol. The zero-order chi connectivity index (χ0) is 13.8. The van der Waals surface area contributed by atoms with E-state index >= 15 is 0 Å². The third kappa shape index (κ3) is 3.18. The number of hydrogen-bond acceptors (Lipinski definition) is 4. The SMILES string of the molecule is CC(NC(=O)Cn1ccc(=O)[nH]c1=O)c1cn[nH]c1. The van der Waals surface area contributed by atoms with E-state index in [2.05, 4.69) is 20.5 Å². The van der Waals surface area contributed by atoms with Crippen LogP contribution in [0.4, 0.5) is 0 Å². The van der Waals surface area contributed by atoms with E-state index in [0.29, 0.717) is 0 Å². The Morgan fingerprint density at radius 3 is 2.95 bits per heavy atom. The van der Waals surface area contributed by atoms with Crippen molar-refractivity contribution in [1.82, 2.24) is 25.1 Å². The lowest BCUT2D eigenvalue weighted by Gasteiger charge is -2.12. The Kier molecular flexibility index (Phi) is 3.60. The molecule has 8 nitrogen and oxygen atoms in total. The number of hydrogen-bond donors (Lipinski definition) is 3. The molecule has 19 heavy (non-hydrogen) atoms. The highest BCUT2D eigenvalue weighted by Crippen LogP contribution is 2.08. The first-order chi connectivity index (χ1) is 9.06. The van der Waals surface area contributed by atoms with Gasteiger partial charge in [-0.15, -0.1) is 0 Å². The van der Waals surface area contributed by atoms with E-state index in [9.17, 15) is 14.4 Å². The van der Waals surface area contributed by atoms with E-state index in [4.69, 9.17) is 0 Å². The van der Waals surface area contributed by atoms with Gasteiger partial charge >= 0.3 is 5.69 Å². The molecule has 0 saturated carbocycles. The zero-order valence-corrected chi connectivity index (χ0v) is 10.2. The zero-order valence-electron chi connectivity index (χ0n) is 10.2. The fourth-order valence-corrected chi connectivity index (χ4v) is 1.59. The lowest BCUT2D eigenvalue weighted by molar-refractivity contribution is -0.122. The van der Waals surface area contributed by atoms with E-state index in [0.717, 1.165) is 10.1 Å². The van der Waals surface area contributed by atoms with Gasteiger partial charge in [0.2, 0.25) is 5.91 Å². The minimum atomic E-state index is -0.612. The van der Waals surface area contributed by atoms with E-state index in [1.807, 2.05) is 0 Å². The van der Waals surface area contributed by atoms with E-state index in [1.54, 1.807) is 19.3 Å². The van der Waals surface area contributed by atoms with Crippen molar-refractivity contribution in [2.45, 2.75) is 19.5 Å². The van der Waals surface area contributed by atoms with Crippen LogP contribution in [0.1, 0.15) is 18.5 Å². The molecule has 0 aliphatic heterocycles. The molecule has 3 N–H and O–H groups in total. The average Bonchev–Trinajstić information content (AvgIpc) is 2.86. The Morgan fingerprint density at radius 2 is 2.32 bits per heavy atom. The summed E-state index contributed by atoms with van der Waals surface area (Å²) in [7, 11) is 0. The van der Waals surface area contributed by atoms with Gasteiger partial charge < -0.3 is 5.32 Å². The molecule has 0 aliphatic rings. The normalized spacial score (nSPS) is 12.1. The highest BCUT2D eigenvalue weighted by Gasteiger charge is 2.11. The molecular weight excluding hydrogens is 250 g/mol. The van der Waals surface area contributed by atoms with Crippen molar-refractivity contribution >= 4 is 5.91 Å². The number of H-pyrrole nitrogens is 2. The molecule has 0 spiro atoms. The van der Waals surface area contributed by atoms with E-state index in [1.165, 1.54) is 12.3 Å². The molecule has 1 unspecified atom stereocenters. The van der Waals surface area contributed by atoms with Crippen molar-refractivity contribution in [2.75, 3.05) is 0 Å². The first-order valence-corrected chi connectivity index (χ1v) is 5.64. The largest absolute Gasteiger partial charge is 0.348 e. The highest BCUT2D eigenvalue weighted by molar-refractivity contribution is 5.76. The summed E-state index contributed by atoms with van der Waals surface area (Å²) in [5.74, 6) is -0.331. The molecule has 0 saturated heterocycles. The lowest BCUT2D eigenvalue weighted by Crippen LogP contribution is -2.36. The van der Waals surface area contributed by atoms with Crippen molar-refractivity contribution in [2.24, 2.45) is 0 Å². The van der Waals surface area contributed by atoms with Crippen LogP contribution in [0.25, 0.3) is 0 Å². The van der Waals surface area contributed by atoms with Crippen molar-refractivity contribution in [3.05, 3.63) is 51.1 Å². The average molecular weight is 263 g/mol. The molecule has 1 amide bonds. The fraction of sp³-hybridized carbons (Fsp3) is 0.273. The third-order valence-corrected chi connectivity index (χ3v) is 2.61. The first kappa shape index (κ1) is 12.8. The Hall–Kier alpha value is -2.64. The maximum atomic E-state index is 11.8. The van der Waals surface area contributed by atoms with Gasteiger partial charge in [-0.2, -0.15) is 5.10 Å².